The van der Waals surface area contributed by atoms with Crippen molar-refractivity contribution in [1.82, 2.24) is 4.90 Å². The molecule has 0 spiro atoms. The average Bonchev–Trinajstić information content (AvgIpc) is 2.54. The molecule has 1 amide bonds. The van der Waals surface area contributed by atoms with Crippen LogP contribution in [0.25, 0.3) is 0 Å². The summed E-state index contributed by atoms with van der Waals surface area (Å²) in [6, 6.07) is 9.69. The molecule has 1 saturated heterocycles. The number of rotatable bonds is 3. The summed E-state index contributed by atoms with van der Waals surface area (Å²) in [7, 11) is 0. The Labute approximate surface area is 143 Å². The van der Waals surface area contributed by atoms with E-state index < -0.39 is 5.60 Å². The zero-order valence-corrected chi connectivity index (χ0v) is 15.0. The third kappa shape index (κ3) is 5.25. The fraction of sp³-hybridized carbons (Fsp3) is 0.579. The highest BCUT2D eigenvalue weighted by Crippen LogP contribution is 2.24. The Kier molecular flexibility index (Phi) is 5.86. The predicted molar refractivity (Wildman–Crippen MR) is 91.5 cm³/mol. The van der Waals surface area contributed by atoms with Gasteiger partial charge in [0.1, 0.15) is 11.7 Å². The molecule has 1 heterocycles. The van der Waals surface area contributed by atoms with Gasteiger partial charge in [0.25, 0.3) is 0 Å². The third-order valence-corrected chi connectivity index (χ3v) is 4.04. The van der Waals surface area contributed by atoms with E-state index in [0.29, 0.717) is 25.9 Å². The molecule has 1 aliphatic heterocycles. The molecule has 1 aromatic rings. The first-order valence-corrected chi connectivity index (χ1v) is 8.49. The Bertz CT molecular complexity index is 556. The Morgan fingerprint density at radius 3 is 2.25 bits per heavy atom. The molecule has 0 radical (unpaired) electrons. The number of ether oxygens (including phenoxy) is 2. The predicted octanol–water partition coefficient (Wildman–Crippen LogP) is 3.94. The molecule has 5 heteroatoms. The summed E-state index contributed by atoms with van der Waals surface area (Å²) in [6.07, 6.45) is 0.647. The van der Waals surface area contributed by atoms with Crippen molar-refractivity contribution in [2.45, 2.75) is 52.2 Å². The van der Waals surface area contributed by atoms with Crippen LogP contribution in [0.4, 0.5) is 4.79 Å². The molecule has 0 N–H and O–H groups in total. The number of likely N-dealkylation sites (tertiary alicyclic amines) is 1. The number of hydrogen-bond acceptors (Lipinski definition) is 4. The van der Waals surface area contributed by atoms with E-state index in [2.05, 4.69) is 0 Å². The van der Waals surface area contributed by atoms with Crippen LogP contribution in [0.2, 0.25) is 0 Å². The molecule has 24 heavy (non-hydrogen) atoms. The molecule has 1 atom stereocenters. The minimum atomic E-state index is -0.502. The summed E-state index contributed by atoms with van der Waals surface area (Å²) in [4.78, 5) is 26.0. The molecule has 2 rings (SSSR count). The van der Waals surface area contributed by atoms with Crippen LogP contribution >= 0.6 is 0 Å². The number of hydrogen-bond donors (Lipinski definition) is 0. The van der Waals surface area contributed by atoms with Crippen molar-refractivity contribution in [2.75, 3.05) is 13.1 Å². The maximum Gasteiger partial charge on any atom is 0.410 e. The Morgan fingerprint density at radius 2 is 1.71 bits per heavy atom. The summed E-state index contributed by atoms with van der Waals surface area (Å²) < 4.78 is 10.9. The first kappa shape index (κ1) is 18.3. The van der Waals surface area contributed by atoms with Crippen LogP contribution in [-0.2, 0) is 14.3 Å². The second-order valence-corrected chi connectivity index (χ2v) is 7.23. The van der Waals surface area contributed by atoms with Gasteiger partial charge < -0.3 is 14.4 Å². The number of amides is 1. The molecular weight excluding hydrogens is 306 g/mol. The standard InChI is InChI=1S/C19H27NO4/c1-14(15-8-6-5-7-9-15)23-17(21)16-10-12-20(13-11-16)18(22)24-19(2,3)4/h5-9,14,16H,10-13H2,1-4H3/t14-/m0/s1. The van der Waals surface area contributed by atoms with Crippen molar-refractivity contribution >= 4 is 12.1 Å². The maximum absolute atomic E-state index is 12.3. The number of esters is 1. The van der Waals surface area contributed by atoms with Gasteiger partial charge in [-0.1, -0.05) is 30.3 Å². The molecule has 0 unspecified atom stereocenters. The third-order valence-electron chi connectivity index (χ3n) is 4.04. The summed E-state index contributed by atoms with van der Waals surface area (Å²) in [5.41, 5.74) is 0.481. The Morgan fingerprint density at radius 1 is 1.12 bits per heavy atom. The van der Waals surface area contributed by atoms with Crippen molar-refractivity contribution in [1.29, 1.82) is 0 Å². The lowest BCUT2D eigenvalue weighted by molar-refractivity contribution is -0.155. The normalized spacial score (nSPS) is 17.2. The van der Waals surface area contributed by atoms with Crippen LogP contribution < -0.4 is 0 Å². The Hall–Kier alpha value is -2.04. The van der Waals surface area contributed by atoms with E-state index in [1.807, 2.05) is 58.0 Å². The van der Waals surface area contributed by atoms with Crippen LogP contribution in [0.15, 0.2) is 30.3 Å². The fourth-order valence-corrected chi connectivity index (χ4v) is 2.69. The molecule has 5 nitrogen and oxygen atoms in total. The van der Waals surface area contributed by atoms with Gasteiger partial charge in [-0.05, 0) is 46.1 Å². The molecule has 0 saturated carbocycles. The highest BCUT2D eigenvalue weighted by atomic mass is 16.6. The van der Waals surface area contributed by atoms with E-state index in [4.69, 9.17) is 9.47 Å². The van der Waals surface area contributed by atoms with Crippen molar-refractivity contribution in [2.24, 2.45) is 5.92 Å². The topological polar surface area (TPSA) is 55.8 Å². The van der Waals surface area contributed by atoms with Gasteiger partial charge in [-0.3, -0.25) is 4.79 Å². The van der Waals surface area contributed by atoms with Gasteiger partial charge in [-0.2, -0.15) is 0 Å². The van der Waals surface area contributed by atoms with Crippen molar-refractivity contribution in [3.8, 4) is 0 Å². The van der Waals surface area contributed by atoms with E-state index >= 15 is 0 Å². The zero-order chi connectivity index (χ0) is 17.7. The van der Waals surface area contributed by atoms with Gasteiger partial charge in [0, 0.05) is 13.1 Å². The monoisotopic (exact) mass is 333 g/mol. The van der Waals surface area contributed by atoms with Gasteiger partial charge in [-0.25, -0.2) is 4.79 Å². The van der Waals surface area contributed by atoms with Gasteiger partial charge in [0.2, 0.25) is 0 Å². The van der Waals surface area contributed by atoms with Crippen molar-refractivity contribution in [3.63, 3.8) is 0 Å². The molecule has 0 bridgehead atoms. The number of piperidine rings is 1. The van der Waals surface area contributed by atoms with Crippen molar-refractivity contribution in [3.05, 3.63) is 35.9 Å². The second-order valence-electron chi connectivity index (χ2n) is 7.23. The van der Waals surface area contributed by atoms with Gasteiger partial charge in [-0.15, -0.1) is 0 Å². The van der Waals surface area contributed by atoms with Crippen molar-refractivity contribution < 1.29 is 19.1 Å². The zero-order valence-electron chi connectivity index (χ0n) is 15.0. The summed E-state index contributed by atoms with van der Waals surface area (Å²) >= 11 is 0. The largest absolute Gasteiger partial charge is 0.458 e. The average molecular weight is 333 g/mol. The Balaban J connectivity index is 1.81. The molecule has 132 valence electrons. The van der Waals surface area contributed by atoms with E-state index in [0.717, 1.165) is 5.56 Å². The van der Waals surface area contributed by atoms with Gasteiger partial charge in [0.15, 0.2) is 0 Å². The molecular formula is C19H27NO4. The smallest absolute Gasteiger partial charge is 0.410 e. The summed E-state index contributed by atoms with van der Waals surface area (Å²) in [6.45, 7) is 8.46. The SMILES string of the molecule is C[C@H](OC(=O)C1CCN(C(=O)OC(C)(C)C)CC1)c1ccccc1. The molecule has 1 aromatic carbocycles. The number of carbonyl (C=O) groups excluding carboxylic acids is 2. The van der Waals surface area contributed by atoms with E-state index in [-0.39, 0.29) is 24.1 Å². The quantitative estimate of drug-likeness (QED) is 0.786. The first-order chi connectivity index (χ1) is 11.3. The van der Waals surface area contributed by atoms with Gasteiger partial charge >= 0.3 is 12.1 Å². The first-order valence-electron chi connectivity index (χ1n) is 8.49. The lowest BCUT2D eigenvalue weighted by Gasteiger charge is -2.33. The second kappa shape index (κ2) is 7.69. The van der Waals surface area contributed by atoms with Crippen LogP contribution in [0.1, 0.15) is 52.2 Å². The fourth-order valence-electron chi connectivity index (χ4n) is 2.69. The minimum Gasteiger partial charge on any atom is -0.458 e. The number of benzene rings is 1. The molecule has 1 fully saturated rings. The van der Waals surface area contributed by atoms with E-state index in [9.17, 15) is 9.59 Å². The van der Waals surface area contributed by atoms with Gasteiger partial charge in [0.05, 0.1) is 5.92 Å². The maximum atomic E-state index is 12.3. The molecule has 0 aliphatic carbocycles. The lowest BCUT2D eigenvalue weighted by Crippen LogP contribution is -2.43. The van der Waals surface area contributed by atoms with Crippen LogP contribution in [0.5, 0.6) is 0 Å². The highest BCUT2D eigenvalue weighted by molar-refractivity contribution is 5.74. The lowest BCUT2D eigenvalue weighted by atomic mass is 9.97. The summed E-state index contributed by atoms with van der Waals surface area (Å²) in [5.74, 6) is -0.343. The number of carbonyl (C=O) groups is 2. The van der Waals surface area contributed by atoms with Crippen LogP contribution in [-0.4, -0.2) is 35.7 Å². The number of nitrogens with zero attached hydrogens (tertiary/aromatic N) is 1. The van der Waals surface area contributed by atoms with Crippen LogP contribution in [0.3, 0.4) is 0 Å². The van der Waals surface area contributed by atoms with E-state index in [1.165, 1.54) is 0 Å². The minimum absolute atomic E-state index is 0.158. The molecule has 0 aromatic heterocycles. The summed E-state index contributed by atoms with van der Waals surface area (Å²) in [5, 5.41) is 0. The highest BCUT2D eigenvalue weighted by Gasteiger charge is 2.31. The molecule has 1 aliphatic rings. The van der Waals surface area contributed by atoms with E-state index in [1.54, 1.807) is 4.90 Å². The van der Waals surface area contributed by atoms with Crippen LogP contribution in [0, 0.1) is 5.92 Å².